The lowest BCUT2D eigenvalue weighted by molar-refractivity contribution is -0.119. The first-order chi connectivity index (χ1) is 11.1. The van der Waals surface area contributed by atoms with Crippen molar-refractivity contribution >= 4 is 11.7 Å². The van der Waals surface area contributed by atoms with E-state index in [0.717, 1.165) is 24.5 Å². The third-order valence-electron chi connectivity index (χ3n) is 3.79. The highest BCUT2D eigenvalue weighted by Crippen LogP contribution is 2.17. The van der Waals surface area contributed by atoms with E-state index in [9.17, 15) is 4.79 Å². The number of ether oxygens (including phenoxy) is 1. The largest absolute Gasteiger partial charge is 0.376 e. The van der Waals surface area contributed by atoms with Gasteiger partial charge in [0.15, 0.2) is 0 Å². The predicted molar refractivity (Wildman–Crippen MR) is 88.8 cm³/mol. The number of rotatable bonds is 4. The lowest BCUT2D eigenvalue weighted by Crippen LogP contribution is -2.44. The van der Waals surface area contributed by atoms with Crippen molar-refractivity contribution in [2.45, 2.75) is 20.0 Å². The summed E-state index contributed by atoms with van der Waals surface area (Å²) < 4.78 is 7.26. The number of nitrogens with zero attached hydrogens (tertiary/aromatic N) is 3. The van der Waals surface area contributed by atoms with Gasteiger partial charge in [-0.25, -0.2) is 4.68 Å². The van der Waals surface area contributed by atoms with Crippen molar-refractivity contribution < 1.29 is 9.53 Å². The summed E-state index contributed by atoms with van der Waals surface area (Å²) in [5.74, 6) is 0.663. The lowest BCUT2D eigenvalue weighted by atomic mass is 10.3. The zero-order valence-electron chi connectivity index (χ0n) is 13.5. The number of amides is 1. The van der Waals surface area contributed by atoms with Crippen LogP contribution in [0.1, 0.15) is 12.6 Å². The lowest BCUT2D eigenvalue weighted by Gasteiger charge is -2.30. The first-order valence-corrected chi connectivity index (χ1v) is 7.88. The molecule has 1 aliphatic heterocycles. The molecule has 1 aliphatic rings. The molecule has 0 radical (unpaired) electrons. The van der Waals surface area contributed by atoms with Gasteiger partial charge in [0.1, 0.15) is 5.82 Å². The van der Waals surface area contributed by atoms with E-state index in [1.165, 1.54) is 0 Å². The Morgan fingerprint density at radius 2 is 2.17 bits per heavy atom. The first kappa shape index (κ1) is 15.7. The molecule has 3 rings (SSSR count). The van der Waals surface area contributed by atoms with Crippen LogP contribution in [-0.2, 0) is 9.53 Å². The second kappa shape index (κ2) is 6.93. The van der Waals surface area contributed by atoms with Crippen molar-refractivity contribution in [2.24, 2.45) is 0 Å². The van der Waals surface area contributed by atoms with Crippen LogP contribution in [0.5, 0.6) is 0 Å². The second-order valence-electron chi connectivity index (χ2n) is 5.88. The molecular formula is C17H22N4O2. The van der Waals surface area contributed by atoms with E-state index in [2.05, 4.69) is 15.3 Å². The minimum Gasteiger partial charge on any atom is -0.376 e. The van der Waals surface area contributed by atoms with E-state index in [4.69, 9.17) is 4.74 Å². The maximum Gasteiger partial charge on any atom is 0.239 e. The quantitative estimate of drug-likeness (QED) is 0.935. The zero-order valence-corrected chi connectivity index (χ0v) is 13.5. The molecule has 0 spiro atoms. The fraction of sp³-hybridized carbons (Fsp3) is 0.412. The van der Waals surface area contributed by atoms with E-state index in [1.807, 2.05) is 50.2 Å². The molecular weight excluding hydrogens is 292 g/mol. The number of carbonyl (C=O) groups excluding carboxylic acids is 1. The SMILES string of the molecule is Cc1cc(NC(=O)CN2CCO[C@H](C)C2)n(-c2ccccc2)n1. The summed E-state index contributed by atoms with van der Waals surface area (Å²) in [6, 6.07) is 11.7. The maximum absolute atomic E-state index is 12.3. The summed E-state index contributed by atoms with van der Waals surface area (Å²) >= 11 is 0. The van der Waals surface area contributed by atoms with Gasteiger partial charge in [-0.3, -0.25) is 9.69 Å². The highest BCUT2D eigenvalue weighted by atomic mass is 16.5. The average Bonchev–Trinajstić information content (AvgIpc) is 2.88. The van der Waals surface area contributed by atoms with Crippen LogP contribution in [0.15, 0.2) is 36.4 Å². The van der Waals surface area contributed by atoms with E-state index >= 15 is 0 Å². The van der Waals surface area contributed by atoms with Gasteiger partial charge in [0.2, 0.25) is 5.91 Å². The number of nitrogens with one attached hydrogen (secondary N) is 1. The molecule has 0 unspecified atom stereocenters. The van der Waals surface area contributed by atoms with E-state index < -0.39 is 0 Å². The number of aromatic nitrogens is 2. The third kappa shape index (κ3) is 3.97. The molecule has 0 bridgehead atoms. The Labute approximate surface area is 136 Å². The summed E-state index contributed by atoms with van der Waals surface area (Å²) in [6.07, 6.45) is 0.175. The Morgan fingerprint density at radius 3 is 2.91 bits per heavy atom. The monoisotopic (exact) mass is 314 g/mol. The minimum absolute atomic E-state index is 0.0313. The number of aryl methyl sites for hydroxylation is 1. The van der Waals surface area contributed by atoms with Crippen LogP contribution in [0.3, 0.4) is 0 Å². The third-order valence-corrected chi connectivity index (χ3v) is 3.79. The standard InChI is InChI=1S/C17H22N4O2/c1-13-10-16(21(19-13)15-6-4-3-5-7-15)18-17(22)12-20-8-9-23-14(2)11-20/h3-7,10,14H,8-9,11-12H2,1-2H3,(H,18,22)/t14-/m1/s1. The maximum atomic E-state index is 12.3. The van der Waals surface area contributed by atoms with Crippen LogP contribution in [0.2, 0.25) is 0 Å². The molecule has 1 aromatic heterocycles. The number of hydrogen-bond donors (Lipinski definition) is 1. The Balaban J connectivity index is 1.69. The molecule has 2 heterocycles. The number of para-hydroxylation sites is 1. The van der Waals surface area contributed by atoms with Gasteiger partial charge >= 0.3 is 0 Å². The van der Waals surface area contributed by atoms with E-state index in [-0.39, 0.29) is 12.0 Å². The van der Waals surface area contributed by atoms with Crippen molar-refractivity contribution in [3.8, 4) is 5.69 Å². The Hall–Kier alpha value is -2.18. The van der Waals surface area contributed by atoms with Crippen LogP contribution < -0.4 is 5.32 Å². The van der Waals surface area contributed by atoms with Gasteiger partial charge in [-0.1, -0.05) is 18.2 Å². The van der Waals surface area contributed by atoms with Gasteiger partial charge in [-0.15, -0.1) is 0 Å². The molecule has 1 N–H and O–H groups in total. The summed E-state index contributed by atoms with van der Waals surface area (Å²) in [6.45, 7) is 6.55. The van der Waals surface area contributed by atoms with Gasteiger partial charge < -0.3 is 10.1 Å². The fourth-order valence-electron chi connectivity index (χ4n) is 2.77. The van der Waals surface area contributed by atoms with Gasteiger partial charge in [0, 0.05) is 19.2 Å². The highest BCUT2D eigenvalue weighted by Gasteiger charge is 2.19. The van der Waals surface area contributed by atoms with E-state index in [1.54, 1.807) is 4.68 Å². The van der Waals surface area contributed by atoms with Gasteiger partial charge in [0.25, 0.3) is 0 Å². The smallest absolute Gasteiger partial charge is 0.239 e. The fourth-order valence-corrected chi connectivity index (χ4v) is 2.77. The number of hydrogen-bond acceptors (Lipinski definition) is 4. The van der Waals surface area contributed by atoms with Crippen LogP contribution in [-0.4, -0.2) is 52.9 Å². The van der Waals surface area contributed by atoms with Crippen molar-refractivity contribution in [3.63, 3.8) is 0 Å². The highest BCUT2D eigenvalue weighted by molar-refractivity contribution is 5.91. The molecule has 122 valence electrons. The zero-order chi connectivity index (χ0) is 16.2. The molecule has 1 aromatic carbocycles. The Kier molecular flexibility index (Phi) is 4.73. The molecule has 1 saturated heterocycles. The number of anilines is 1. The summed E-state index contributed by atoms with van der Waals surface area (Å²) in [5, 5.41) is 7.43. The van der Waals surface area contributed by atoms with Crippen LogP contribution in [0.4, 0.5) is 5.82 Å². The Morgan fingerprint density at radius 1 is 1.39 bits per heavy atom. The summed E-state index contributed by atoms with van der Waals surface area (Å²) in [7, 11) is 0. The molecule has 0 saturated carbocycles. The van der Waals surface area contributed by atoms with Crippen LogP contribution >= 0.6 is 0 Å². The molecule has 1 fully saturated rings. The van der Waals surface area contributed by atoms with E-state index in [0.29, 0.717) is 19.0 Å². The average molecular weight is 314 g/mol. The summed E-state index contributed by atoms with van der Waals surface area (Å²) in [5.41, 5.74) is 1.79. The molecule has 6 heteroatoms. The van der Waals surface area contributed by atoms with Crippen LogP contribution in [0, 0.1) is 6.92 Å². The molecule has 1 amide bonds. The second-order valence-corrected chi connectivity index (χ2v) is 5.88. The minimum atomic E-state index is -0.0313. The topological polar surface area (TPSA) is 59.4 Å². The van der Waals surface area contributed by atoms with Crippen molar-refractivity contribution in [3.05, 3.63) is 42.1 Å². The normalized spacial score (nSPS) is 18.8. The van der Waals surface area contributed by atoms with Crippen molar-refractivity contribution in [2.75, 3.05) is 31.6 Å². The van der Waals surface area contributed by atoms with Gasteiger partial charge in [-0.2, -0.15) is 5.10 Å². The summed E-state index contributed by atoms with van der Waals surface area (Å²) in [4.78, 5) is 14.5. The first-order valence-electron chi connectivity index (χ1n) is 7.88. The molecule has 1 atom stereocenters. The van der Waals surface area contributed by atoms with Crippen molar-refractivity contribution in [1.29, 1.82) is 0 Å². The number of benzene rings is 1. The van der Waals surface area contributed by atoms with Gasteiger partial charge in [-0.05, 0) is 26.0 Å². The molecule has 0 aliphatic carbocycles. The predicted octanol–water partition coefficient (Wildman–Crippen LogP) is 1.84. The van der Waals surface area contributed by atoms with Gasteiger partial charge in [0.05, 0.1) is 30.6 Å². The molecule has 23 heavy (non-hydrogen) atoms. The molecule has 6 nitrogen and oxygen atoms in total. The molecule has 2 aromatic rings. The number of morpholine rings is 1. The number of carbonyl (C=O) groups is 1. The van der Waals surface area contributed by atoms with Crippen molar-refractivity contribution in [1.82, 2.24) is 14.7 Å². The van der Waals surface area contributed by atoms with Crippen LogP contribution in [0.25, 0.3) is 5.69 Å². The Bertz CT molecular complexity index is 668.